The molecule has 3 heteroatoms. The van der Waals surface area contributed by atoms with Crippen LogP contribution in [0.25, 0.3) is 0 Å². The molecule has 1 atom stereocenters. The first-order valence-electron chi connectivity index (χ1n) is 3.88. The van der Waals surface area contributed by atoms with Crippen molar-refractivity contribution in [2.45, 2.75) is 13.0 Å². The number of carbonyl (C=O) groups excluding carboxylic acids is 1. The number of amides is 1. The predicted octanol–water partition coefficient (Wildman–Crippen LogP) is -0.00730. The minimum absolute atomic E-state index is 0.170. The van der Waals surface area contributed by atoms with E-state index in [9.17, 15) is 4.79 Å². The summed E-state index contributed by atoms with van der Waals surface area (Å²) in [4.78, 5) is 13.0. The van der Waals surface area contributed by atoms with Crippen LogP contribution < -0.4 is 5.32 Å². The Hall–Kier alpha value is -0.830. The molecule has 11 heavy (non-hydrogen) atoms. The van der Waals surface area contributed by atoms with Crippen LogP contribution in [0.3, 0.4) is 0 Å². The van der Waals surface area contributed by atoms with E-state index in [4.69, 9.17) is 0 Å². The predicted molar refractivity (Wildman–Crippen MR) is 44.2 cm³/mol. The summed E-state index contributed by atoms with van der Waals surface area (Å²) in [5.74, 6) is 0.170. The van der Waals surface area contributed by atoms with Gasteiger partial charge in [-0.25, -0.2) is 0 Å². The molecule has 62 valence electrons. The van der Waals surface area contributed by atoms with Gasteiger partial charge in [-0.05, 0) is 6.92 Å². The van der Waals surface area contributed by atoms with Gasteiger partial charge in [0.2, 0.25) is 5.91 Å². The summed E-state index contributed by atoms with van der Waals surface area (Å²) in [6, 6.07) is 0.171. The van der Waals surface area contributed by atoms with Crippen molar-refractivity contribution in [3.8, 4) is 0 Å². The van der Waals surface area contributed by atoms with Crippen LogP contribution in [0.15, 0.2) is 12.7 Å². The zero-order valence-corrected chi connectivity index (χ0v) is 6.84. The van der Waals surface area contributed by atoms with Crippen molar-refractivity contribution < 1.29 is 4.79 Å². The lowest BCUT2D eigenvalue weighted by Crippen LogP contribution is -2.51. The molecule has 1 amide bonds. The molecule has 0 spiro atoms. The third-order valence-electron chi connectivity index (χ3n) is 1.96. The van der Waals surface area contributed by atoms with Gasteiger partial charge in [0.1, 0.15) is 0 Å². The number of nitrogens with one attached hydrogen (secondary N) is 1. The van der Waals surface area contributed by atoms with Crippen molar-refractivity contribution in [1.82, 2.24) is 10.2 Å². The number of piperazine rings is 1. The van der Waals surface area contributed by atoms with E-state index in [1.165, 1.54) is 0 Å². The average Bonchev–Trinajstić information content (AvgIpc) is 2.04. The maximum absolute atomic E-state index is 11.2. The van der Waals surface area contributed by atoms with Crippen molar-refractivity contribution in [2.75, 3.05) is 19.6 Å². The molecule has 0 aromatic carbocycles. The lowest BCUT2D eigenvalue weighted by molar-refractivity contribution is -0.133. The second-order valence-electron chi connectivity index (χ2n) is 2.74. The number of nitrogens with zero attached hydrogens (tertiary/aromatic N) is 1. The van der Waals surface area contributed by atoms with Crippen LogP contribution in [-0.2, 0) is 4.79 Å². The summed E-state index contributed by atoms with van der Waals surface area (Å²) in [5, 5.41) is 3.02. The zero-order valence-electron chi connectivity index (χ0n) is 6.84. The fourth-order valence-electron chi connectivity index (χ4n) is 1.18. The summed E-state index contributed by atoms with van der Waals surface area (Å²) in [6.07, 6.45) is 1.79. The molecule has 1 unspecified atom stereocenters. The molecule has 1 rings (SSSR count). The summed E-state index contributed by atoms with van der Waals surface area (Å²) < 4.78 is 0. The minimum atomic E-state index is 0.170. The Kier molecular flexibility index (Phi) is 2.65. The molecule has 0 saturated carbocycles. The van der Waals surface area contributed by atoms with Crippen molar-refractivity contribution in [3.05, 3.63) is 12.7 Å². The average molecular weight is 154 g/mol. The van der Waals surface area contributed by atoms with E-state index in [1.54, 1.807) is 6.08 Å². The molecule has 1 aliphatic heterocycles. The van der Waals surface area contributed by atoms with E-state index in [2.05, 4.69) is 11.9 Å². The Morgan fingerprint density at radius 1 is 1.82 bits per heavy atom. The van der Waals surface area contributed by atoms with E-state index < -0.39 is 0 Å². The summed E-state index contributed by atoms with van der Waals surface area (Å²) >= 11 is 0. The van der Waals surface area contributed by atoms with Crippen molar-refractivity contribution >= 4 is 5.91 Å². The van der Waals surface area contributed by atoms with Crippen LogP contribution in [0.2, 0.25) is 0 Å². The van der Waals surface area contributed by atoms with Gasteiger partial charge < -0.3 is 10.2 Å². The molecule has 0 aliphatic carbocycles. The van der Waals surface area contributed by atoms with Gasteiger partial charge in [0, 0.05) is 19.1 Å². The molecule has 0 aromatic heterocycles. The molecule has 0 radical (unpaired) electrons. The smallest absolute Gasteiger partial charge is 0.237 e. The van der Waals surface area contributed by atoms with Crippen molar-refractivity contribution in [3.63, 3.8) is 0 Å². The summed E-state index contributed by atoms with van der Waals surface area (Å²) in [7, 11) is 0. The molecule has 1 saturated heterocycles. The van der Waals surface area contributed by atoms with Gasteiger partial charge in [-0.1, -0.05) is 6.08 Å². The molecular formula is C8H14N2O. The van der Waals surface area contributed by atoms with Crippen LogP contribution in [0, 0.1) is 0 Å². The van der Waals surface area contributed by atoms with Gasteiger partial charge in [-0.2, -0.15) is 0 Å². The summed E-state index contributed by atoms with van der Waals surface area (Å²) in [6.45, 7) is 7.80. The number of hydrogen-bond donors (Lipinski definition) is 1. The van der Waals surface area contributed by atoms with Crippen LogP contribution in [0.5, 0.6) is 0 Å². The largest absolute Gasteiger partial charge is 0.334 e. The maximum Gasteiger partial charge on any atom is 0.237 e. The molecule has 1 N–H and O–H groups in total. The highest BCUT2D eigenvalue weighted by Crippen LogP contribution is 2.02. The Morgan fingerprint density at radius 3 is 3.09 bits per heavy atom. The first-order chi connectivity index (χ1) is 5.25. The van der Waals surface area contributed by atoms with Crippen LogP contribution in [0.4, 0.5) is 0 Å². The molecular weight excluding hydrogens is 140 g/mol. The number of rotatable bonds is 2. The highest BCUT2D eigenvalue weighted by molar-refractivity contribution is 5.79. The van der Waals surface area contributed by atoms with Crippen LogP contribution in [-0.4, -0.2) is 36.5 Å². The van der Waals surface area contributed by atoms with Crippen LogP contribution >= 0.6 is 0 Å². The standard InChI is InChI=1S/C8H14N2O/c1-3-7(2)10-5-4-9-6-8(10)11/h3,7,9H,1,4-6H2,2H3. The molecule has 3 nitrogen and oxygen atoms in total. The number of carbonyl (C=O) groups is 1. The second-order valence-corrected chi connectivity index (χ2v) is 2.74. The zero-order chi connectivity index (χ0) is 8.27. The van der Waals surface area contributed by atoms with Gasteiger partial charge in [-0.15, -0.1) is 6.58 Å². The molecule has 1 fully saturated rings. The van der Waals surface area contributed by atoms with E-state index in [0.29, 0.717) is 6.54 Å². The van der Waals surface area contributed by atoms with Crippen molar-refractivity contribution in [1.29, 1.82) is 0 Å². The fourth-order valence-corrected chi connectivity index (χ4v) is 1.18. The van der Waals surface area contributed by atoms with Gasteiger partial charge in [-0.3, -0.25) is 4.79 Å². The van der Waals surface area contributed by atoms with Crippen molar-refractivity contribution in [2.24, 2.45) is 0 Å². The van der Waals surface area contributed by atoms with Gasteiger partial charge in [0.25, 0.3) is 0 Å². The van der Waals surface area contributed by atoms with Gasteiger partial charge in [0.15, 0.2) is 0 Å². The Balaban J connectivity index is 2.53. The van der Waals surface area contributed by atoms with E-state index in [0.717, 1.165) is 13.1 Å². The lowest BCUT2D eigenvalue weighted by atomic mass is 10.2. The highest BCUT2D eigenvalue weighted by atomic mass is 16.2. The quantitative estimate of drug-likeness (QED) is 0.567. The van der Waals surface area contributed by atoms with Gasteiger partial charge >= 0.3 is 0 Å². The highest BCUT2D eigenvalue weighted by Gasteiger charge is 2.20. The van der Waals surface area contributed by atoms with Gasteiger partial charge in [0.05, 0.1) is 6.54 Å². The lowest BCUT2D eigenvalue weighted by Gasteiger charge is -2.31. The molecule has 0 bridgehead atoms. The topological polar surface area (TPSA) is 32.3 Å². The first kappa shape index (κ1) is 8.27. The van der Waals surface area contributed by atoms with Crippen LogP contribution in [0.1, 0.15) is 6.92 Å². The normalized spacial score (nSPS) is 21.5. The van der Waals surface area contributed by atoms with E-state index in [-0.39, 0.29) is 11.9 Å². The Labute approximate surface area is 67.1 Å². The minimum Gasteiger partial charge on any atom is -0.334 e. The molecule has 0 aromatic rings. The monoisotopic (exact) mass is 154 g/mol. The maximum atomic E-state index is 11.2. The van der Waals surface area contributed by atoms with E-state index >= 15 is 0 Å². The summed E-state index contributed by atoms with van der Waals surface area (Å²) in [5.41, 5.74) is 0. The first-order valence-corrected chi connectivity index (χ1v) is 3.88. The second kappa shape index (κ2) is 3.53. The molecule has 1 heterocycles. The van der Waals surface area contributed by atoms with E-state index in [1.807, 2.05) is 11.8 Å². The third kappa shape index (κ3) is 1.80. The Morgan fingerprint density at radius 2 is 2.55 bits per heavy atom. The third-order valence-corrected chi connectivity index (χ3v) is 1.96. The number of hydrogen-bond acceptors (Lipinski definition) is 2. The fraction of sp³-hybridized carbons (Fsp3) is 0.625. The Bertz CT molecular complexity index is 167. The SMILES string of the molecule is C=CC(C)N1CCNCC1=O. The molecule has 1 aliphatic rings.